The molecule has 1 amide bonds. The van der Waals surface area contributed by atoms with Crippen molar-refractivity contribution in [2.45, 2.75) is 51.7 Å². The molecule has 1 aliphatic carbocycles. The number of carbonyl (C=O) groups excluding carboxylic acids is 2. The van der Waals surface area contributed by atoms with Crippen LogP contribution in [0.1, 0.15) is 67.6 Å². The van der Waals surface area contributed by atoms with Crippen LogP contribution in [0, 0.1) is 5.82 Å². The van der Waals surface area contributed by atoms with E-state index >= 15 is 0 Å². The monoisotopic (exact) mass is 571 g/mol. The Hall–Kier alpha value is -3.95. The fourth-order valence-electron chi connectivity index (χ4n) is 5.27. The van der Waals surface area contributed by atoms with Crippen molar-refractivity contribution < 1.29 is 32.8 Å². The molecule has 0 bridgehead atoms. The largest absolute Gasteiger partial charge is 0.492 e. The Kier molecular flexibility index (Phi) is 8.26. The van der Waals surface area contributed by atoms with Crippen LogP contribution in [0.4, 0.5) is 9.18 Å². The molecule has 0 saturated carbocycles. The molecular formula is C33H35BFNO6. The zero-order valence-electron chi connectivity index (χ0n) is 24.5. The number of carbonyl (C=O) groups is 2. The number of amides is 1. The predicted octanol–water partition coefficient (Wildman–Crippen LogP) is 6.56. The van der Waals surface area contributed by atoms with E-state index in [1.54, 1.807) is 13.0 Å². The van der Waals surface area contributed by atoms with Gasteiger partial charge in [0, 0.05) is 12.5 Å². The number of rotatable bonds is 8. The third-order valence-corrected chi connectivity index (χ3v) is 8.19. The first-order chi connectivity index (χ1) is 20.0. The van der Waals surface area contributed by atoms with Gasteiger partial charge in [-0.2, -0.15) is 0 Å². The summed E-state index contributed by atoms with van der Waals surface area (Å²) in [6.45, 7) is 9.66. The third kappa shape index (κ3) is 5.85. The Morgan fingerprint density at radius 3 is 2.12 bits per heavy atom. The minimum Gasteiger partial charge on any atom is -0.462 e. The van der Waals surface area contributed by atoms with Gasteiger partial charge in [0.15, 0.2) is 0 Å². The molecule has 1 fully saturated rings. The Bertz CT molecular complexity index is 1470. The van der Waals surface area contributed by atoms with Crippen molar-refractivity contribution in [2.75, 3.05) is 19.8 Å². The number of esters is 1. The summed E-state index contributed by atoms with van der Waals surface area (Å²) < 4.78 is 37.7. The topological polar surface area (TPSA) is 83.1 Å². The Morgan fingerprint density at radius 2 is 1.52 bits per heavy atom. The maximum absolute atomic E-state index is 14.3. The van der Waals surface area contributed by atoms with Gasteiger partial charge >= 0.3 is 19.2 Å². The summed E-state index contributed by atoms with van der Waals surface area (Å²) in [6.07, 6.45) is 0.977. The van der Waals surface area contributed by atoms with E-state index in [4.69, 9.17) is 18.8 Å². The molecule has 2 aliphatic rings. The van der Waals surface area contributed by atoms with E-state index < -0.39 is 36.2 Å². The van der Waals surface area contributed by atoms with Crippen molar-refractivity contribution in [3.05, 3.63) is 100 Å². The lowest BCUT2D eigenvalue weighted by atomic mass is 9.76. The second-order valence-corrected chi connectivity index (χ2v) is 11.4. The normalized spacial score (nSPS) is 17.0. The van der Waals surface area contributed by atoms with E-state index in [9.17, 15) is 14.0 Å². The smallest absolute Gasteiger partial charge is 0.462 e. The van der Waals surface area contributed by atoms with Gasteiger partial charge in [0.05, 0.1) is 23.4 Å². The van der Waals surface area contributed by atoms with Crippen LogP contribution in [0.15, 0.2) is 72.2 Å². The Balaban J connectivity index is 1.36. The van der Waals surface area contributed by atoms with Crippen LogP contribution >= 0.6 is 0 Å². The van der Waals surface area contributed by atoms with Gasteiger partial charge in [0.2, 0.25) is 0 Å². The molecule has 5 rings (SSSR count). The maximum Gasteiger partial charge on any atom is 0.492 e. The van der Waals surface area contributed by atoms with E-state index in [2.05, 4.69) is 29.6 Å². The fraction of sp³-hybridized carbons (Fsp3) is 0.333. The van der Waals surface area contributed by atoms with Crippen LogP contribution in [-0.2, 0) is 18.8 Å². The standard InChI is InChI=1S/C33H35BFNO6/c1-6-39-30(37)24-16-15-23(35)18-21(24)17-22(34-41-32(2,3)33(4,5)42-34)19-36-31(38)40-20-29-27-13-9-7-11-25(27)26-12-8-10-14-28(26)29/h7-18,29H,6,19-20H2,1-5H3,(H,36,38). The zero-order valence-corrected chi connectivity index (χ0v) is 24.5. The molecule has 7 nitrogen and oxygen atoms in total. The van der Waals surface area contributed by atoms with Gasteiger partial charge in [0.1, 0.15) is 12.4 Å². The van der Waals surface area contributed by atoms with Crippen molar-refractivity contribution in [1.29, 1.82) is 0 Å². The number of hydrogen-bond acceptors (Lipinski definition) is 6. The van der Waals surface area contributed by atoms with E-state index in [0.29, 0.717) is 5.47 Å². The molecule has 1 heterocycles. The second kappa shape index (κ2) is 11.7. The number of alkyl carbamates (subject to hydrolysis) is 1. The average molecular weight is 571 g/mol. The van der Waals surface area contributed by atoms with Gasteiger partial charge in [-0.3, -0.25) is 0 Å². The number of hydrogen-bond donors (Lipinski definition) is 1. The molecule has 1 saturated heterocycles. The summed E-state index contributed by atoms with van der Waals surface area (Å²) in [4.78, 5) is 25.6. The van der Waals surface area contributed by atoms with Gasteiger partial charge in [-0.25, -0.2) is 14.0 Å². The van der Waals surface area contributed by atoms with Crippen LogP contribution in [0.2, 0.25) is 0 Å². The molecule has 3 aromatic rings. The quantitative estimate of drug-likeness (QED) is 0.244. The average Bonchev–Trinajstić information content (AvgIpc) is 3.38. The lowest BCUT2D eigenvalue weighted by molar-refractivity contribution is 0.00578. The number of nitrogens with one attached hydrogen (secondary N) is 1. The highest BCUT2D eigenvalue weighted by Crippen LogP contribution is 2.44. The van der Waals surface area contributed by atoms with Crippen molar-refractivity contribution in [2.24, 2.45) is 0 Å². The van der Waals surface area contributed by atoms with Crippen molar-refractivity contribution >= 4 is 25.3 Å². The second-order valence-electron chi connectivity index (χ2n) is 11.4. The molecule has 0 spiro atoms. The molecule has 218 valence electrons. The van der Waals surface area contributed by atoms with Gasteiger partial charge < -0.3 is 24.1 Å². The van der Waals surface area contributed by atoms with E-state index in [0.717, 1.165) is 22.3 Å². The highest BCUT2D eigenvalue weighted by atomic mass is 19.1. The number of halogens is 1. The van der Waals surface area contributed by atoms with Crippen LogP contribution in [0.3, 0.4) is 0 Å². The molecule has 9 heteroatoms. The van der Waals surface area contributed by atoms with E-state index in [-0.39, 0.29) is 36.8 Å². The van der Waals surface area contributed by atoms with E-state index in [1.165, 1.54) is 18.2 Å². The van der Waals surface area contributed by atoms with Crippen LogP contribution in [0.25, 0.3) is 17.2 Å². The van der Waals surface area contributed by atoms with E-state index in [1.807, 2.05) is 52.0 Å². The lowest BCUT2D eigenvalue weighted by Gasteiger charge is -2.32. The SMILES string of the molecule is CCOC(=O)c1ccc(F)cc1C=C(CNC(=O)OCC1c2ccccc2-c2ccccc21)B1OC(C)(C)C(C)(C)O1. The lowest BCUT2D eigenvalue weighted by Crippen LogP contribution is -2.41. The minimum absolute atomic E-state index is 0.0215. The first-order valence-corrected chi connectivity index (χ1v) is 14.1. The molecule has 1 N–H and O–H groups in total. The Labute approximate surface area is 246 Å². The van der Waals surface area contributed by atoms with Crippen LogP contribution in [-0.4, -0.2) is 50.1 Å². The first kappa shape index (κ1) is 29.5. The summed E-state index contributed by atoms with van der Waals surface area (Å²) in [6, 6.07) is 20.0. The van der Waals surface area contributed by atoms with Gasteiger partial charge in [-0.05, 0) is 86.1 Å². The molecule has 42 heavy (non-hydrogen) atoms. The predicted molar refractivity (Wildman–Crippen MR) is 159 cm³/mol. The summed E-state index contributed by atoms with van der Waals surface area (Å²) >= 11 is 0. The molecule has 1 aliphatic heterocycles. The third-order valence-electron chi connectivity index (χ3n) is 8.19. The maximum atomic E-state index is 14.3. The van der Waals surface area contributed by atoms with Gasteiger partial charge in [0.25, 0.3) is 0 Å². The number of fused-ring (bicyclic) bond motifs is 3. The summed E-state index contributed by atoms with van der Waals surface area (Å²) in [5, 5.41) is 2.80. The number of benzene rings is 3. The van der Waals surface area contributed by atoms with Crippen LogP contribution < -0.4 is 5.32 Å². The summed E-state index contributed by atoms with van der Waals surface area (Å²) in [5.74, 6) is -1.19. The fourth-order valence-corrected chi connectivity index (χ4v) is 5.27. The van der Waals surface area contributed by atoms with Crippen molar-refractivity contribution in [3.63, 3.8) is 0 Å². The molecule has 0 unspecified atom stereocenters. The summed E-state index contributed by atoms with van der Waals surface area (Å²) in [5.41, 5.74) is 4.14. The van der Waals surface area contributed by atoms with Crippen LogP contribution in [0.5, 0.6) is 0 Å². The van der Waals surface area contributed by atoms with Gasteiger partial charge in [-0.15, -0.1) is 0 Å². The molecule has 0 atom stereocenters. The van der Waals surface area contributed by atoms with Crippen molar-refractivity contribution in [3.8, 4) is 11.1 Å². The highest BCUT2D eigenvalue weighted by molar-refractivity contribution is 6.56. The molecular weight excluding hydrogens is 536 g/mol. The molecule has 0 aromatic heterocycles. The zero-order chi connectivity index (χ0) is 30.1. The number of ether oxygens (including phenoxy) is 2. The first-order valence-electron chi connectivity index (χ1n) is 14.1. The molecule has 0 radical (unpaired) electrons. The van der Waals surface area contributed by atoms with Crippen molar-refractivity contribution in [1.82, 2.24) is 5.32 Å². The minimum atomic E-state index is -0.859. The molecule has 3 aromatic carbocycles. The Morgan fingerprint density at radius 1 is 0.929 bits per heavy atom. The van der Waals surface area contributed by atoms with Gasteiger partial charge in [-0.1, -0.05) is 54.6 Å². The summed E-state index contributed by atoms with van der Waals surface area (Å²) in [7, 11) is -0.859. The highest BCUT2D eigenvalue weighted by Gasteiger charge is 2.52.